The van der Waals surface area contributed by atoms with Gasteiger partial charge in [0.05, 0.1) is 31.2 Å². The average Bonchev–Trinajstić information content (AvgIpc) is 2.58. The van der Waals surface area contributed by atoms with Crippen molar-refractivity contribution in [3.05, 3.63) is 23.8 Å². The molecule has 1 amide bonds. The molecule has 24 heavy (non-hydrogen) atoms. The van der Waals surface area contributed by atoms with Crippen LogP contribution in [0.3, 0.4) is 0 Å². The smallest absolute Gasteiger partial charge is 0.308 e. The Morgan fingerprint density at radius 3 is 2.96 bits per heavy atom. The molecule has 0 radical (unpaired) electrons. The molecule has 1 aromatic rings. The number of amides is 1. The number of hydrogen-bond acceptors (Lipinski definition) is 6. The van der Waals surface area contributed by atoms with Gasteiger partial charge in [0, 0.05) is 12.7 Å². The third-order valence-corrected chi connectivity index (χ3v) is 4.66. The van der Waals surface area contributed by atoms with Gasteiger partial charge in [0.1, 0.15) is 18.5 Å². The second kappa shape index (κ2) is 6.68. The van der Waals surface area contributed by atoms with E-state index >= 15 is 0 Å². The van der Waals surface area contributed by atoms with Crippen LogP contribution in [0.1, 0.15) is 29.6 Å². The Hall–Kier alpha value is -2.28. The standard InChI is InChI=1S/C17H22N2O5/c1-19-13-5-4-11(8-16(20)22-2)24-15(13)9-23-14-6-3-10(18)7-12(14)17(19)21/h3,6-7,11,13,15H,4-5,8-9,18H2,1-2H3/t11-,13-,15-/m1/s1. The van der Waals surface area contributed by atoms with E-state index in [2.05, 4.69) is 0 Å². The molecule has 2 N–H and O–H groups in total. The molecule has 0 bridgehead atoms. The number of carbonyl (C=O) groups excluding carboxylic acids is 2. The van der Waals surface area contributed by atoms with Gasteiger partial charge in [0.15, 0.2) is 0 Å². The zero-order chi connectivity index (χ0) is 17.3. The van der Waals surface area contributed by atoms with Crippen molar-refractivity contribution in [1.29, 1.82) is 0 Å². The molecular formula is C17H22N2O5. The maximum Gasteiger partial charge on any atom is 0.308 e. The molecule has 1 fully saturated rings. The van der Waals surface area contributed by atoms with Crippen molar-refractivity contribution in [2.75, 3.05) is 26.5 Å². The summed E-state index contributed by atoms with van der Waals surface area (Å²) >= 11 is 0. The molecule has 0 saturated carbocycles. The van der Waals surface area contributed by atoms with E-state index in [9.17, 15) is 9.59 Å². The van der Waals surface area contributed by atoms with Gasteiger partial charge in [-0.3, -0.25) is 9.59 Å². The van der Waals surface area contributed by atoms with Gasteiger partial charge >= 0.3 is 5.97 Å². The summed E-state index contributed by atoms with van der Waals surface area (Å²) in [4.78, 5) is 25.9. The zero-order valence-electron chi connectivity index (χ0n) is 13.9. The third-order valence-electron chi connectivity index (χ3n) is 4.66. The summed E-state index contributed by atoms with van der Waals surface area (Å²) in [6.45, 7) is 0.316. The summed E-state index contributed by atoms with van der Waals surface area (Å²) in [6.07, 6.45) is 1.15. The molecule has 1 aromatic carbocycles. The van der Waals surface area contributed by atoms with Crippen LogP contribution in [0, 0.1) is 0 Å². The number of ether oxygens (including phenoxy) is 3. The van der Waals surface area contributed by atoms with E-state index in [1.54, 1.807) is 30.1 Å². The Morgan fingerprint density at radius 2 is 2.21 bits per heavy atom. The first-order chi connectivity index (χ1) is 11.5. The Bertz CT molecular complexity index is 648. The molecule has 2 aliphatic heterocycles. The van der Waals surface area contributed by atoms with Crippen molar-refractivity contribution in [1.82, 2.24) is 4.90 Å². The topological polar surface area (TPSA) is 91.1 Å². The highest BCUT2D eigenvalue weighted by atomic mass is 16.5. The number of hydrogen-bond donors (Lipinski definition) is 1. The summed E-state index contributed by atoms with van der Waals surface area (Å²) in [5.74, 6) is 0.0654. The van der Waals surface area contributed by atoms with E-state index in [0.29, 0.717) is 30.0 Å². The number of methoxy groups -OCH3 is 1. The number of anilines is 1. The molecule has 3 atom stereocenters. The Labute approximate surface area is 140 Å². The van der Waals surface area contributed by atoms with Crippen molar-refractivity contribution in [3.63, 3.8) is 0 Å². The van der Waals surface area contributed by atoms with Gasteiger partial charge in [0.25, 0.3) is 5.91 Å². The van der Waals surface area contributed by atoms with E-state index in [0.717, 1.165) is 6.42 Å². The highest BCUT2D eigenvalue weighted by Crippen LogP contribution is 2.32. The molecule has 0 spiro atoms. The number of nitrogen functional groups attached to an aromatic ring is 1. The lowest BCUT2D eigenvalue weighted by Gasteiger charge is -2.42. The number of carbonyl (C=O) groups is 2. The SMILES string of the molecule is COC(=O)C[C@H]1CC[C@@H]2[C@@H](COc3ccc(N)cc3C(=O)N2C)O1. The first-order valence-electron chi connectivity index (χ1n) is 8.01. The van der Waals surface area contributed by atoms with Crippen molar-refractivity contribution >= 4 is 17.6 Å². The molecule has 2 heterocycles. The van der Waals surface area contributed by atoms with Crippen LogP contribution in [0.15, 0.2) is 18.2 Å². The maximum absolute atomic E-state index is 12.8. The van der Waals surface area contributed by atoms with Gasteiger partial charge in [-0.2, -0.15) is 0 Å². The molecule has 1 saturated heterocycles. The van der Waals surface area contributed by atoms with E-state index in [-0.39, 0.29) is 36.5 Å². The van der Waals surface area contributed by atoms with Crippen LogP contribution in [-0.4, -0.2) is 55.8 Å². The van der Waals surface area contributed by atoms with Crippen LogP contribution in [-0.2, 0) is 14.3 Å². The lowest BCUT2D eigenvalue weighted by atomic mass is 9.94. The summed E-state index contributed by atoms with van der Waals surface area (Å²) < 4.78 is 16.5. The van der Waals surface area contributed by atoms with Crippen LogP contribution in [0.5, 0.6) is 5.75 Å². The number of nitrogens with two attached hydrogens (primary N) is 1. The highest BCUT2D eigenvalue weighted by molar-refractivity contribution is 5.98. The normalized spacial score (nSPS) is 26.5. The molecule has 0 aromatic heterocycles. The van der Waals surface area contributed by atoms with Crippen LogP contribution in [0.4, 0.5) is 5.69 Å². The second-order valence-corrected chi connectivity index (χ2v) is 6.20. The first kappa shape index (κ1) is 16.6. The molecule has 3 rings (SSSR count). The molecule has 130 valence electrons. The second-order valence-electron chi connectivity index (χ2n) is 6.20. The minimum Gasteiger partial charge on any atom is -0.490 e. The summed E-state index contributed by atoms with van der Waals surface area (Å²) in [7, 11) is 3.13. The number of likely N-dealkylation sites (N-methyl/N-ethyl adjacent to an activating group) is 1. The van der Waals surface area contributed by atoms with Crippen molar-refractivity contribution in [2.45, 2.75) is 37.5 Å². The van der Waals surface area contributed by atoms with Crippen molar-refractivity contribution < 1.29 is 23.8 Å². The highest BCUT2D eigenvalue weighted by Gasteiger charge is 2.39. The molecule has 0 unspecified atom stereocenters. The van der Waals surface area contributed by atoms with Crippen molar-refractivity contribution in [3.8, 4) is 5.75 Å². The van der Waals surface area contributed by atoms with E-state index in [1.165, 1.54) is 7.11 Å². The fraction of sp³-hybridized carbons (Fsp3) is 0.529. The predicted octanol–water partition coefficient (Wildman–Crippen LogP) is 1.21. The van der Waals surface area contributed by atoms with Gasteiger partial charge in [-0.15, -0.1) is 0 Å². The summed E-state index contributed by atoms with van der Waals surface area (Å²) in [5, 5.41) is 0. The number of fused-ring (bicyclic) bond motifs is 2. The Kier molecular flexibility index (Phi) is 4.62. The van der Waals surface area contributed by atoms with E-state index in [1.807, 2.05) is 0 Å². The number of esters is 1. The maximum atomic E-state index is 12.8. The number of rotatable bonds is 2. The fourth-order valence-corrected chi connectivity index (χ4v) is 3.31. The van der Waals surface area contributed by atoms with Crippen LogP contribution >= 0.6 is 0 Å². The molecular weight excluding hydrogens is 312 g/mol. The molecule has 2 aliphatic rings. The van der Waals surface area contributed by atoms with Crippen molar-refractivity contribution in [2.24, 2.45) is 0 Å². The predicted molar refractivity (Wildman–Crippen MR) is 86.8 cm³/mol. The fourth-order valence-electron chi connectivity index (χ4n) is 3.31. The average molecular weight is 334 g/mol. The first-order valence-corrected chi connectivity index (χ1v) is 8.01. The van der Waals surface area contributed by atoms with Gasteiger partial charge in [-0.25, -0.2) is 0 Å². The Balaban J connectivity index is 1.81. The van der Waals surface area contributed by atoms with E-state index < -0.39 is 0 Å². The minimum atomic E-state index is -0.296. The quantitative estimate of drug-likeness (QED) is 0.646. The van der Waals surface area contributed by atoms with Crippen LogP contribution in [0.2, 0.25) is 0 Å². The Morgan fingerprint density at radius 1 is 1.42 bits per heavy atom. The minimum absolute atomic E-state index is 0.0963. The van der Waals surface area contributed by atoms with Gasteiger partial charge in [-0.05, 0) is 31.0 Å². The number of benzene rings is 1. The molecule has 7 heteroatoms. The largest absolute Gasteiger partial charge is 0.490 e. The summed E-state index contributed by atoms with van der Waals surface area (Å²) in [5.41, 5.74) is 6.78. The lowest BCUT2D eigenvalue weighted by Crippen LogP contribution is -2.53. The lowest BCUT2D eigenvalue weighted by molar-refractivity contribution is -0.151. The summed E-state index contributed by atoms with van der Waals surface area (Å²) in [6, 6.07) is 4.94. The van der Waals surface area contributed by atoms with Crippen LogP contribution < -0.4 is 10.5 Å². The zero-order valence-corrected chi connectivity index (χ0v) is 13.9. The van der Waals surface area contributed by atoms with Gasteiger partial charge < -0.3 is 24.8 Å². The number of nitrogens with zero attached hydrogens (tertiary/aromatic N) is 1. The van der Waals surface area contributed by atoms with E-state index in [4.69, 9.17) is 19.9 Å². The van der Waals surface area contributed by atoms with Gasteiger partial charge in [0.2, 0.25) is 0 Å². The molecule has 0 aliphatic carbocycles. The van der Waals surface area contributed by atoms with Gasteiger partial charge in [-0.1, -0.05) is 0 Å². The third kappa shape index (κ3) is 3.17. The monoisotopic (exact) mass is 334 g/mol. The van der Waals surface area contributed by atoms with Crippen LogP contribution in [0.25, 0.3) is 0 Å². The molecule has 7 nitrogen and oxygen atoms in total.